The zero-order chi connectivity index (χ0) is 66.6. The molecule has 3 aromatic heterocycles. The molecule has 0 aromatic carbocycles. The van der Waals surface area contributed by atoms with E-state index in [1.807, 2.05) is 0 Å². The zero-order valence-electron chi connectivity index (χ0n) is 62.5. The second kappa shape index (κ2) is 30.0. The van der Waals surface area contributed by atoms with E-state index >= 15 is 0 Å². The van der Waals surface area contributed by atoms with E-state index in [0.29, 0.717) is 66.5 Å². The molecule has 0 spiro atoms. The summed E-state index contributed by atoms with van der Waals surface area (Å²) in [7, 11) is -9.16. The molecule has 0 unspecified atom stereocenters. The molecule has 0 aliphatic carbocycles. The molecule has 5 heterocycles. The fourth-order valence-corrected chi connectivity index (χ4v) is 39.2. The van der Waals surface area contributed by atoms with Crippen LogP contribution in [0.3, 0.4) is 0 Å². The Kier molecular flexibility index (Phi) is 25.4. The summed E-state index contributed by atoms with van der Waals surface area (Å²) in [5, 5.41) is 0. The van der Waals surface area contributed by atoms with Gasteiger partial charge in [0.15, 0.2) is 0 Å². The molecule has 8 heteroatoms. The number of allylic oxidation sites excluding steroid dienone is 4. The van der Waals surface area contributed by atoms with Crippen LogP contribution in [0.15, 0.2) is 0 Å². The van der Waals surface area contributed by atoms with Crippen LogP contribution < -0.4 is 0 Å². The van der Waals surface area contributed by atoms with E-state index in [2.05, 4.69) is 277 Å². The largest absolute Gasteiger partial charge is 0.353 e. The Morgan fingerprint density at radius 2 is 0.420 bits per heavy atom. The van der Waals surface area contributed by atoms with Gasteiger partial charge < -0.3 is 9.97 Å². The topological polar surface area (TPSA) is 57.4 Å². The van der Waals surface area contributed by atoms with Gasteiger partial charge in [-0.25, -0.2) is 9.97 Å². The van der Waals surface area contributed by atoms with E-state index in [1.165, 1.54) is 44.5 Å². The highest BCUT2D eigenvalue weighted by atomic mass is 28.3. The van der Waals surface area contributed by atoms with Crippen molar-refractivity contribution in [3.05, 3.63) is 67.3 Å². The third-order valence-electron chi connectivity index (χ3n) is 22.6. The lowest BCUT2D eigenvalue weighted by Crippen LogP contribution is -2.43. The summed E-state index contributed by atoms with van der Waals surface area (Å²) < 4.78 is 0. The molecule has 2 N–H and O–H groups in total. The van der Waals surface area contributed by atoms with Gasteiger partial charge in [0.2, 0.25) is 0 Å². The fraction of sp³-hybridized carbons (Fsp3) is 0.650. The van der Waals surface area contributed by atoms with Crippen LogP contribution in [0, 0.1) is 45.9 Å². The number of H-pyrrole nitrogens is 2. The number of nitrogens with zero attached hydrogens (tertiary/aromatic N) is 2. The predicted molar refractivity (Wildman–Crippen MR) is 405 cm³/mol. The third-order valence-corrected chi connectivity index (χ3v) is 47.8. The van der Waals surface area contributed by atoms with E-state index < -0.39 is 32.3 Å². The molecular formula is C80H126N4Si4. The molecule has 3 aromatic rings. The van der Waals surface area contributed by atoms with Gasteiger partial charge in [-0.2, -0.15) is 0 Å². The molecule has 8 bridgehead atoms. The normalized spacial score (nSPS) is 13.7. The van der Waals surface area contributed by atoms with Crippen molar-refractivity contribution in [3.63, 3.8) is 0 Å². The van der Waals surface area contributed by atoms with Gasteiger partial charge in [0.1, 0.15) is 32.3 Å². The van der Waals surface area contributed by atoms with Crippen LogP contribution in [-0.2, 0) is 25.7 Å². The molecule has 88 heavy (non-hydrogen) atoms. The number of aromatic amines is 2. The summed E-state index contributed by atoms with van der Waals surface area (Å²) in [6, 6.07) is 0. The summed E-state index contributed by atoms with van der Waals surface area (Å²) in [5.74, 6) is 17.0. The number of nitrogens with one attached hydrogen (secondary N) is 2. The molecule has 4 nitrogen and oxygen atoms in total. The third kappa shape index (κ3) is 12.8. The number of fused-ring (bicyclic) bond motifs is 8. The van der Waals surface area contributed by atoms with E-state index in [-0.39, 0.29) is 0 Å². The van der Waals surface area contributed by atoms with Gasteiger partial charge in [-0.05, 0) is 162 Å². The van der Waals surface area contributed by atoms with Crippen molar-refractivity contribution >= 4 is 76.7 Å². The maximum atomic E-state index is 6.23. The van der Waals surface area contributed by atoms with Crippen LogP contribution in [0.5, 0.6) is 0 Å². The van der Waals surface area contributed by atoms with Gasteiger partial charge in [0.25, 0.3) is 0 Å². The number of aromatic nitrogens is 4. The molecule has 482 valence electrons. The Morgan fingerprint density at radius 3 is 0.602 bits per heavy atom. The average Bonchev–Trinajstić information content (AvgIpc) is 1.66. The van der Waals surface area contributed by atoms with Gasteiger partial charge in [0, 0.05) is 0 Å². The Balaban J connectivity index is 2.60. The molecule has 0 fully saturated rings. The maximum absolute atomic E-state index is 6.23. The van der Waals surface area contributed by atoms with Crippen LogP contribution in [0.2, 0.25) is 66.5 Å². The molecule has 0 saturated heterocycles. The quantitative estimate of drug-likeness (QED) is 0.0875. The zero-order valence-corrected chi connectivity index (χ0v) is 66.5. The van der Waals surface area contributed by atoms with Crippen LogP contribution >= 0.6 is 0 Å². The molecule has 2 aliphatic heterocycles. The van der Waals surface area contributed by atoms with Crippen molar-refractivity contribution in [2.45, 2.75) is 339 Å². The monoisotopic (exact) mass is 1250 g/mol. The standard InChI is InChI=1S/C80H126N4Si4/c1-33-61-62(34-2)74-70(42-46-86(52(15)16,53(17)18)54(19)20)76-65(37-5)66(38-6)78(83-76)72(44-48-88(58(27)28,59(29)30)60(31)32)80-68(40-8)67(39-7)79(84-80)71(43-47-87(55(21)22,56(23)24)57(25)26)77-64(36-4)63(35-3)75(82-77)69(73(61)81-74)41-45-85(49(9)10,50(11)12)51(13)14/h49-60,81-82H,33-40H2,1-32H3. The first kappa shape index (κ1) is 74.4. The highest BCUT2D eigenvalue weighted by Crippen LogP contribution is 2.49. The van der Waals surface area contributed by atoms with Crippen molar-refractivity contribution in [2.75, 3.05) is 0 Å². The van der Waals surface area contributed by atoms with Crippen molar-refractivity contribution in [2.24, 2.45) is 0 Å². The minimum atomic E-state index is -2.30. The minimum absolute atomic E-state index is 0.452. The SMILES string of the molecule is CCC1=C(CC)c2nc1c(C#C[Si](C(C)C)(C(C)C)C(C)C)c1nc(c(C#C[Si](C(C)C)(C(C)C)C(C)C)c3[nH]c(c(CC)c3CC)c(C#C[Si](C(C)C)(C(C)C)C(C)C)c3[nH]c(c2C#C[Si](C(C)C)(C(C)C)C(C)C)c(CC)c3CC)C(CC)=C1CC. The Morgan fingerprint density at radius 1 is 0.250 bits per heavy atom. The smallest absolute Gasteiger partial charge is 0.146 e. The molecule has 0 radical (unpaired) electrons. The number of rotatable bonds is 20. The summed E-state index contributed by atoms with van der Waals surface area (Å²) in [6.07, 6.45) is 6.63. The number of hydrogen-bond donors (Lipinski definition) is 2. The minimum Gasteiger partial charge on any atom is -0.353 e. The molecule has 2 aliphatic rings. The summed E-state index contributed by atoms with van der Waals surface area (Å²) in [5.41, 5.74) is 45.9. The number of aryl methyl sites for hydroxylation is 4. The van der Waals surface area contributed by atoms with Crippen LogP contribution in [-0.4, -0.2) is 52.2 Å². The number of hydrogen-bond acceptors (Lipinski definition) is 2. The van der Waals surface area contributed by atoms with Crippen molar-refractivity contribution < 1.29 is 0 Å². The molecule has 0 amide bonds. The van der Waals surface area contributed by atoms with E-state index in [4.69, 9.17) is 9.97 Å². The van der Waals surface area contributed by atoms with Gasteiger partial charge in [-0.1, -0.05) is 245 Å². The van der Waals surface area contributed by atoms with E-state index in [0.717, 1.165) is 118 Å². The molecule has 0 saturated carbocycles. The maximum Gasteiger partial charge on any atom is 0.146 e. The molecule has 5 rings (SSSR count). The van der Waals surface area contributed by atoms with E-state index in [1.54, 1.807) is 0 Å². The van der Waals surface area contributed by atoms with E-state index in [9.17, 15) is 0 Å². The van der Waals surface area contributed by atoms with Gasteiger partial charge >= 0.3 is 0 Å². The van der Waals surface area contributed by atoms with Crippen molar-refractivity contribution in [1.29, 1.82) is 0 Å². The molecule has 0 atom stereocenters. The predicted octanol–water partition coefficient (Wildman–Crippen LogP) is 24.3. The highest BCUT2D eigenvalue weighted by molar-refractivity contribution is 6.92. The summed E-state index contributed by atoms with van der Waals surface area (Å²) in [6.45, 7) is 77.6. The Labute approximate surface area is 545 Å². The second-order valence-corrected chi connectivity index (χ2v) is 52.4. The lowest BCUT2D eigenvalue weighted by Gasteiger charge is -2.38. The van der Waals surface area contributed by atoms with Crippen molar-refractivity contribution in [3.8, 4) is 45.9 Å². The first-order valence-electron chi connectivity index (χ1n) is 35.7. The molecular weight excluding hydrogens is 1130 g/mol. The van der Waals surface area contributed by atoms with Gasteiger partial charge in [-0.15, -0.1) is 22.2 Å². The van der Waals surface area contributed by atoms with Crippen LogP contribution in [0.1, 0.15) is 315 Å². The summed E-state index contributed by atoms with van der Waals surface area (Å²) >= 11 is 0. The average molecular weight is 1260 g/mol. The van der Waals surface area contributed by atoms with Gasteiger partial charge in [0.05, 0.1) is 67.1 Å². The van der Waals surface area contributed by atoms with Crippen molar-refractivity contribution in [1.82, 2.24) is 19.9 Å². The fourth-order valence-electron chi connectivity index (χ4n) is 18.4. The highest BCUT2D eigenvalue weighted by Gasteiger charge is 2.46. The Bertz CT molecular complexity index is 3260. The second-order valence-electron chi connectivity index (χ2n) is 30.1. The lowest BCUT2D eigenvalue weighted by molar-refractivity contribution is 0.838. The first-order chi connectivity index (χ1) is 41.2. The van der Waals surface area contributed by atoms with Crippen LogP contribution in [0.25, 0.3) is 44.4 Å². The Hall–Kier alpha value is -4.29. The first-order valence-corrected chi connectivity index (χ1v) is 44.6. The lowest BCUT2D eigenvalue weighted by atomic mass is 9.92. The van der Waals surface area contributed by atoms with Crippen LogP contribution in [0.4, 0.5) is 0 Å². The summed E-state index contributed by atoms with van der Waals surface area (Å²) in [4.78, 5) is 21.3. The van der Waals surface area contributed by atoms with Gasteiger partial charge in [-0.3, -0.25) is 0 Å².